The van der Waals surface area contributed by atoms with Gasteiger partial charge in [0.15, 0.2) is 0 Å². The first kappa shape index (κ1) is 17.2. The number of anilines is 1. The maximum Gasteiger partial charge on any atom is 0.315 e. The van der Waals surface area contributed by atoms with Gasteiger partial charge in [0.2, 0.25) is 5.95 Å². The molecule has 2 aromatic rings. The highest BCUT2D eigenvalue weighted by atomic mass is 16.2. The maximum absolute atomic E-state index is 12.4. The Hall–Kier alpha value is -2.64. The molecule has 1 aliphatic heterocycles. The topological polar surface area (TPSA) is 88.0 Å². The highest BCUT2D eigenvalue weighted by Crippen LogP contribution is 2.17. The number of nitrogens with zero attached hydrogens (tertiary/aromatic N) is 5. The van der Waals surface area contributed by atoms with Gasteiger partial charge >= 0.3 is 6.03 Å². The number of carbonyl (C=O) groups excluding carboxylic acids is 1. The van der Waals surface area contributed by atoms with Crippen molar-refractivity contribution in [2.75, 3.05) is 18.0 Å². The van der Waals surface area contributed by atoms with Gasteiger partial charge in [-0.15, -0.1) is 0 Å². The Kier molecular flexibility index (Phi) is 5.16. The van der Waals surface area contributed by atoms with Crippen molar-refractivity contribution < 1.29 is 4.79 Å². The molecule has 3 rings (SSSR count). The predicted molar refractivity (Wildman–Crippen MR) is 95.3 cm³/mol. The summed E-state index contributed by atoms with van der Waals surface area (Å²) in [6.07, 6.45) is 7.38. The van der Waals surface area contributed by atoms with Gasteiger partial charge in [0, 0.05) is 50.3 Å². The van der Waals surface area contributed by atoms with Crippen molar-refractivity contribution in [1.82, 2.24) is 30.4 Å². The van der Waals surface area contributed by atoms with Crippen molar-refractivity contribution >= 4 is 12.0 Å². The zero-order valence-electron chi connectivity index (χ0n) is 14.9. The summed E-state index contributed by atoms with van der Waals surface area (Å²) in [5, 5.41) is 10.4. The molecule has 0 unspecified atom stereocenters. The first-order valence-corrected chi connectivity index (χ1v) is 8.62. The van der Waals surface area contributed by atoms with Gasteiger partial charge in [0.1, 0.15) is 0 Å². The lowest BCUT2D eigenvalue weighted by Gasteiger charge is -2.33. The second-order valence-corrected chi connectivity index (χ2v) is 6.52. The van der Waals surface area contributed by atoms with Crippen LogP contribution >= 0.6 is 0 Å². The van der Waals surface area contributed by atoms with E-state index >= 15 is 0 Å². The van der Waals surface area contributed by atoms with Crippen molar-refractivity contribution in [2.45, 2.75) is 38.8 Å². The molecule has 2 atom stereocenters. The van der Waals surface area contributed by atoms with E-state index in [1.807, 2.05) is 27.1 Å². The Morgan fingerprint density at radius 1 is 1.36 bits per heavy atom. The SMILES string of the molecule is Cc1nn(C)cc1[C@H](C)NC(=O)N[C@H]1CCCN(c2ncccn2)C1. The zero-order valence-corrected chi connectivity index (χ0v) is 14.9. The molecule has 1 aliphatic rings. The van der Waals surface area contributed by atoms with E-state index in [0.717, 1.165) is 37.2 Å². The number of rotatable bonds is 4. The van der Waals surface area contributed by atoms with Crippen LogP contribution in [0.3, 0.4) is 0 Å². The Labute approximate surface area is 147 Å². The molecule has 8 heteroatoms. The molecule has 0 aliphatic carbocycles. The number of amides is 2. The monoisotopic (exact) mass is 343 g/mol. The number of hydrogen-bond donors (Lipinski definition) is 2. The third-order valence-electron chi connectivity index (χ3n) is 4.46. The van der Waals surface area contributed by atoms with Crippen molar-refractivity contribution in [2.24, 2.45) is 7.05 Å². The van der Waals surface area contributed by atoms with Gasteiger partial charge in [0.05, 0.1) is 11.7 Å². The average molecular weight is 343 g/mol. The summed E-state index contributed by atoms with van der Waals surface area (Å²) in [7, 11) is 1.88. The number of hydrogen-bond acceptors (Lipinski definition) is 5. The predicted octanol–water partition coefficient (Wildman–Crippen LogP) is 1.55. The zero-order chi connectivity index (χ0) is 17.8. The van der Waals surface area contributed by atoms with Gasteiger partial charge in [0.25, 0.3) is 0 Å². The number of piperidine rings is 1. The first-order valence-electron chi connectivity index (χ1n) is 8.62. The molecule has 134 valence electrons. The van der Waals surface area contributed by atoms with Crippen LogP contribution in [-0.4, -0.2) is 44.9 Å². The van der Waals surface area contributed by atoms with E-state index in [0.29, 0.717) is 5.95 Å². The molecular weight excluding hydrogens is 318 g/mol. The lowest BCUT2D eigenvalue weighted by molar-refractivity contribution is 0.232. The third-order valence-corrected chi connectivity index (χ3v) is 4.46. The molecular formula is C17H25N7O. The van der Waals surface area contributed by atoms with E-state index < -0.39 is 0 Å². The fraction of sp³-hybridized carbons (Fsp3) is 0.529. The number of nitrogens with one attached hydrogen (secondary N) is 2. The third kappa shape index (κ3) is 4.26. The van der Waals surface area contributed by atoms with E-state index in [4.69, 9.17) is 0 Å². The Balaban J connectivity index is 1.54. The molecule has 0 bridgehead atoms. The molecule has 0 saturated carbocycles. The lowest BCUT2D eigenvalue weighted by Crippen LogP contribution is -2.51. The van der Waals surface area contributed by atoms with Crippen molar-refractivity contribution in [3.63, 3.8) is 0 Å². The molecule has 0 radical (unpaired) electrons. The van der Waals surface area contributed by atoms with Crippen LogP contribution in [0, 0.1) is 6.92 Å². The van der Waals surface area contributed by atoms with Crippen LogP contribution < -0.4 is 15.5 Å². The van der Waals surface area contributed by atoms with Crippen molar-refractivity contribution in [1.29, 1.82) is 0 Å². The van der Waals surface area contributed by atoms with Crippen LogP contribution in [0.15, 0.2) is 24.7 Å². The van der Waals surface area contributed by atoms with Gasteiger partial charge in [-0.1, -0.05) is 0 Å². The smallest absolute Gasteiger partial charge is 0.315 e. The molecule has 1 fully saturated rings. The lowest BCUT2D eigenvalue weighted by atomic mass is 10.1. The summed E-state index contributed by atoms with van der Waals surface area (Å²) >= 11 is 0. The first-order chi connectivity index (χ1) is 12.0. The molecule has 2 N–H and O–H groups in total. The van der Waals surface area contributed by atoms with Crippen molar-refractivity contribution in [3.8, 4) is 0 Å². The van der Waals surface area contributed by atoms with Crippen LogP contribution in [0.2, 0.25) is 0 Å². The molecule has 2 amide bonds. The minimum absolute atomic E-state index is 0.0831. The molecule has 0 spiro atoms. The fourth-order valence-corrected chi connectivity index (χ4v) is 3.28. The second-order valence-electron chi connectivity index (χ2n) is 6.52. The fourth-order valence-electron chi connectivity index (χ4n) is 3.28. The Bertz CT molecular complexity index is 715. The second kappa shape index (κ2) is 7.50. The number of urea groups is 1. The summed E-state index contributed by atoms with van der Waals surface area (Å²) in [6.45, 7) is 5.55. The van der Waals surface area contributed by atoms with Gasteiger partial charge in [-0.2, -0.15) is 5.10 Å². The Morgan fingerprint density at radius 2 is 2.12 bits per heavy atom. The summed E-state index contributed by atoms with van der Waals surface area (Å²) in [5.41, 5.74) is 1.96. The van der Waals surface area contributed by atoms with Gasteiger partial charge in [-0.25, -0.2) is 14.8 Å². The molecule has 8 nitrogen and oxygen atoms in total. The summed E-state index contributed by atoms with van der Waals surface area (Å²) < 4.78 is 1.76. The van der Waals surface area contributed by atoms with E-state index in [1.165, 1.54) is 0 Å². The van der Waals surface area contributed by atoms with Gasteiger partial charge in [-0.05, 0) is 32.8 Å². The van der Waals surface area contributed by atoms with E-state index in [9.17, 15) is 4.79 Å². The number of carbonyl (C=O) groups is 1. The maximum atomic E-state index is 12.4. The largest absolute Gasteiger partial charge is 0.339 e. The highest BCUT2D eigenvalue weighted by Gasteiger charge is 2.23. The molecule has 3 heterocycles. The van der Waals surface area contributed by atoms with Crippen LogP contribution in [0.5, 0.6) is 0 Å². The van der Waals surface area contributed by atoms with Crippen LogP contribution in [0.1, 0.15) is 37.1 Å². The molecule has 25 heavy (non-hydrogen) atoms. The summed E-state index contributed by atoms with van der Waals surface area (Å²) in [5.74, 6) is 0.716. The van der Waals surface area contributed by atoms with E-state index in [2.05, 4.69) is 30.6 Å². The van der Waals surface area contributed by atoms with Crippen LogP contribution in [-0.2, 0) is 7.05 Å². The molecule has 0 aromatic carbocycles. The van der Waals surface area contributed by atoms with Crippen molar-refractivity contribution in [3.05, 3.63) is 35.9 Å². The standard InChI is InChI=1S/C17H25N7O/c1-12(15-11-23(3)22-13(15)2)20-17(25)21-14-6-4-9-24(10-14)16-18-7-5-8-19-16/h5,7-8,11-12,14H,4,6,9-10H2,1-3H3,(H2,20,21,25)/t12-,14-/m0/s1. The summed E-state index contributed by atoms with van der Waals surface area (Å²) in [4.78, 5) is 23.1. The number of aryl methyl sites for hydroxylation is 2. The van der Waals surface area contributed by atoms with Crippen LogP contribution in [0.25, 0.3) is 0 Å². The normalized spacial score (nSPS) is 18.7. The van der Waals surface area contributed by atoms with E-state index in [-0.39, 0.29) is 18.1 Å². The molecule has 2 aromatic heterocycles. The molecule has 1 saturated heterocycles. The Morgan fingerprint density at radius 3 is 2.80 bits per heavy atom. The minimum atomic E-state index is -0.156. The average Bonchev–Trinajstić information content (AvgIpc) is 2.94. The summed E-state index contributed by atoms with van der Waals surface area (Å²) in [6, 6.07) is 1.64. The number of aromatic nitrogens is 4. The minimum Gasteiger partial charge on any atom is -0.339 e. The quantitative estimate of drug-likeness (QED) is 0.879. The highest BCUT2D eigenvalue weighted by molar-refractivity contribution is 5.74. The van der Waals surface area contributed by atoms with Crippen LogP contribution in [0.4, 0.5) is 10.7 Å². The van der Waals surface area contributed by atoms with Gasteiger partial charge < -0.3 is 15.5 Å². The van der Waals surface area contributed by atoms with E-state index in [1.54, 1.807) is 23.1 Å². The van der Waals surface area contributed by atoms with Gasteiger partial charge in [-0.3, -0.25) is 4.68 Å².